The van der Waals surface area contributed by atoms with Crippen LogP contribution in [0.4, 0.5) is 16.2 Å². The Balaban J connectivity index is 1.98. The van der Waals surface area contributed by atoms with E-state index in [2.05, 4.69) is 15.9 Å². The Morgan fingerprint density at radius 2 is 1.63 bits per heavy atom. The molecule has 0 radical (unpaired) electrons. The van der Waals surface area contributed by atoms with Gasteiger partial charge in [0.05, 0.1) is 16.9 Å². The monoisotopic (exact) mass is 426 g/mol. The van der Waals surface area contributed by atoms with Crippen molar-refractivity contribution in [3.05, 3.63) is 76.8 Å². The Morgan fingerprint density at radius 1 is 0.963 bits per heavy atom. The Labute approximate surface area is 163 Å². The summed E-state index contributed by atoms with van der Waals surface area (Å²) in [5, 5.41) is 19.1. The van der Waals surface area contributed by atoms with Gasteiger partial charge in [0, 0.05) is 10.0 Å². The van der Waals surface area contributed by atoms with Gasteiger partial charge in [-0.3, -0.25) is 4.90 Å². The zero-order valence-electron chi connectivity index (χ0n) is 14.0. The first-order valence-corrected chi connectivity index (χ1v) is 8.68. The summed E-state index contributed by atoms with van der Waals surface area (Å²) >= 11 is 3.41. The van der Waals surface area contributed by atoms with E-state index in [9.17, 15) is 14.7 Å². The molecule has 0 spiro atoms. The zero-order chi connectivity index (χ0) is 19.6. The molecule has 0 saturated carbocycles. The van der Waals surface area contributed by atoms with E-state index < -0.39 is 12.0 Å². The highest BCUT2D eigenvalue weighted by atomic mass is 79.9. The number of para-hydroxylation sites is 1. The summed E-state index contributed by atoms with van der Waals surface area (Å²) in [4.78, 5) is 24.3. The van der Waals surface area contributed by atoms with Crippen molar-refractivity contribution in [3.63, 3.8) is 0 Å². The maximum atomic E-state index is 12.0. The fourth-order valence-electron chi connectivity index (χ4n) is 2.72. The van der Waals surface area contributed by atoms with Crippen LogP contribution in [0.5, 0.6) is 5.75 Å². The number of hydrogen-bond donors (Lipinski definition) is 3. The Kier molecular flexibility index (Phi) is 5.14. The first kappa shape index (κ1) is 18.5. The van der Waals surface area contributed by atoms with Gasteiger partial charge in [0.2, 0.25) is 0 Å². The number of aromatic hydroxyl groups is 1. The van der Waals surface area contributed by atoms with E-state index in [1.807, 2.05) is 12.1 Å². The fourth-order valence-corrected chi connectivity index (χ4v) is 3.18. The second-order valence-electron chi connectivity index (χ2n) is 5.71. The molecule has 0 atom stereocenters. The largest absolute Gasteiger partial charge is 0.507 e. The number of carbonyl (C=O) groups excluding carboxylic acids is 1. The molecule has 3 aromatic carbocycles. The van der Waals surface area contributed by atoms with E-state index in [-0.39, 0.29) is 11.3 Å². The molecule has 0 saturated heterocycles. The molecule has 0 aliphatic carbocycles. The van der Waals surface area contributed by atoms with Crippen molar-refractivity contribution in [2.75, 3.05) is 4.90 Å². The van der Waals surface area contributed by atoms with Crippen LogP contribution in [0.15, 0.2) is 71.2 Å². The van der Waals surface area contributed by atoms with Gasteiger partial charge in [0.15, 0.2) is 0 Å². The molecule has 6 nitrogen and oxygen atoms in total. The van der Waals surface area contributed by atoms with Gasteiger partial charge in [0.25, 0.3) is 0 Å². The number of nitrogens with two attached hydrogens (primary N) is 1. The number of carboxylic acids is 1. The highest BCUT2D eigenvalue weighted by molar-refractivity contribution is 9.10. The molecule has 3 rings (SSSR count). The molecule has 0 fully saturated rings. The standard InChI is InChI=1S/C20H15BrN2O4/c21-16-3-1-2-4-17(16)23(20(22)27)14-8-5-12(6-9-14)15-10-7-13(19(25)26)11-18(15)24/h1-11,24H,(H2,22,27)(H,25,26). The molecule has 3 aromatic rings. The van der Waals surface area contributed by atoms with Crippen LogP contribution < -0.4 is 10.6 Å². The first-order chi connectivity index (χ1) is 12.9. The maximum absolute atomic E-state index is 12.0. The number of carbonyl (C=O) groups is 2. The number of hydrogen-bond acceptors (Lipinski definition) is 3. The molecule has 4 N–H and O–H groups in total. The summed E-state index contributed by atoms with van der Waals surface area (Å²) in [5.74, 6) is -1.25. The van der Waals surface area contributed by atoms with Gasteiger partial charge >= 0.3 is 12.0 Å². The number of phenols is 1. The number of amides is 2. The molecule has 7 heteroatoms. The number of primary amides is 1. The fraction of sp³-hybridized carbons (Fsp3) is 0. The lowest BCUT2D eigenvalue weighted by Crippen LogP contribution is -2.31. The average molecular weight is 427 g/mol. The lowest BCUT2D eigenvalue weighted by atomic mass is 10.0. The summed E-state index contributed by atoms with van der Waals surface area (Å²) in [7, 11) is 0. The van der Waals surface area contributed by atoms with Gasteiger partial charge in [-0.1, -0.05) is 24.3 Å². The topological polar surface area (TPSA) is 104 Å². The van der Waals surface area contributed by atoms with Crippen LogP contribution in [0.2, 0.25) is 0 Å². The second-order valence-corrected chi connectivity index (χ2v) is 6.56. The molecule has 136 valence electrons. The van der Waals surface area contributed by atoms with Gasteiger partial charge in [0.1, 0.15) is 5.75 Å². The molecule has 2 amide bonds. The highest BCUT2D eigenvalue weighted by Gasteiger charge is 2.18. The highest BCUT2D eigenvalue weighted by Crippen LogP contribution is 2.35. The molecule has 0 bridgehead atoms. The number of phenolic OH excluding ortho intramolecular Hbond substituents is 1. The van der Waals surface area contributed by atoms with E-state index in [1.54, 1.807) is 36.4 Å². The van der Waals surface area contributed by atoms with E-state index in [0.29, 0.717) is 22.5 Å². The van der Waals surface area contributed by atoms with E-state index in [1.165, 1.54) is 23.1 Å². The van der Waals surface area contributed by atoms with Crippen molar-refractivity contribution in [2.24, 2.45) is 5.73 Å². The van der Waals surface area contributed by atoms with Crippen LogP contribution in [0.3, 0.4) is 0 Å². The predicted molar refractivity (Wildman–Crippen MR) is 106 cm³/mol. The van der Waals surface area contributed by atoms with Crippen molar-refractivity contribution >= 4 is 39.3 Å². The third-order valence-corrected chi connectivity index (χ3v) is 4.67. The average Bonchev–Trinajstić information content (AvgIpc) is 2.64. The van der Waals surface area contributed by atoms with Crippen molar-refractivity contribution in [3.8, 4) is 16.9 Å². The number of rotatable bonds is 4. The summed E-state index contributed by atoms with van der Waals surface area (Å²) < 4.78 is 0.717. The Bertz CT molecular complexity index is 1020. The molecule has 27 heavy (non-hydrogen) atoms. The van der Waals surface area contributed by atoms with Gasteiger partial charge in [-0.05, 0) is 64.0 Å². The first-order valence-electron chi connectivity index (χ1n) is 7.89. The summed E-state index contributed by atoms with van der Waals surface area (Å²) in [5.41, 5.74) is 7.87. The Morgan fingerprint density at radius 3 is 2.19 bits per heavy atom. The number of anilines is 2. The number of nitrogens with zero attached hydrogens (tertiary/aromatic N) is 1. The van der Waals surface area contributed by atoms with Crippen molar-refractivity contribution in [1.29, 1.82) is 0 Å². The molecule has 0 aliphatic heterocycles. The van der Waals surface area contributed by atoms with Crippen LogP contribution in [-0.4, -0.2) is 22.2 Å². The van der Waals surface area contributed by atoms with Crippen LogP contribution in [-0.2, 0) is 0 Å². The van der Waals surface area contributed by atoms with Crippen LogP contribution in [0, 0.1) is 0 Å². The predicted octanol–water partition coefficient (Wildman–Crippen LogP) is 4.74. The van der Waals surface area contributed by atoms with Gasteiger partial charge in [-0.15, -0.1) is 0 Å². The van der Waals surface area contributed by atoms with Crippen LogP contribution >= 0.6 is 15.9 Å². The van der Waals surface area contributed by atoms with Gasteiger partial charge in [-0.25, -0.2) is 9.59 Å². The molecule has 0 aromatic heterocycles. The molecule has 0 heterocycles. The van der Waals surface area contributed by atoms with Crippen molar-refractivity contribution < 1.29 is 19.8 Å². The number of aromatic carboxylic acids is 1. The minimum atomic E-state index is -1.11. The number of carboxylic acid groups (broad SMARTS) is 1. The van der Waals surface area contributed by atoms with E-state index >= 15 is 0 Å². The minimum Gasteiger partial charge on any atom is -0.507 e. The minimum absolute atomic E-state index is 0.00158. The van der Waals surface area contributed by atoms with E-state index in [0.717, 1.165) is 4.47 Å². The number of urea groups is 1. The molecular formula is C20H15BrN2O4. The molecular weight excluding hydrogens is 412 g/mol. The van der Waals surface area contributed by atoms with Crippen molar-refractivity contribution in [2.45, 2.75) is 0 Å². The Hall–Kier alpha value is -3.32. The van der Waals surface area contributed by atoms with Crippen LogP contribution in [0.1, 0.15) is 10.4 Å². The van der Waals surface area contributed by atoms with Crippen LogP contribution in [0.25, 0.3) is 11.1 Å². The molecule has 0 aliphatic rings. The van der Waals surface area contributed by atoms with E-state index in [4.69, 9.17) is 10.8 Å². The summed E-state index contributed by atoms with van der Waals surface area (Å²) in [6.07, 6.45) is 0. The number of benzene rings is 3. The van der Waals surface area contributed by atoms with Gasteiger partial charge < -0.3 is 15.9 Å². The SMILES string of the molecule is NC(=O)N(c1ccc(-c2ccc(C(=O)O)cc2O)cc1)c1ccccc1Br. The maximum Gasteiger partial charge on any atom is 0.335 e. The van der Waals surface area contributed by atoms with Gasteiger partial charge in [-0.2, -0.15) is 0 Å². The zero-order valence-corrected chi connectivity index (χ0v) is 15.6. The smallest absolute Gasteiger partial charge is 0.335 e. The molecule has 0 unspecified atom stereocenters. The summed E-state index contributed by atoms with van der Waals surface area (Å²) in [6, 6.07) is 17.6. The normalized spacial score (nSPS) is 10.4. The van der Waals surface area contributed by atoms with Crippen molar-refractivity contribution in [1.82, 2.24) is 0 Å². The second kappa shape index (κ2) is 7.51. The number of halogens is 1. The lowest BCUT2D eigenvalue weighted by Gasteiger charge is -2.22. The third kappa shape index (κ3) is 3.78. The third-order valence-electron chi connectivity index (χ3n) is 3.99. The summed E-state index contributed by atoms with van der Waals surface area (Å²) in [6.45, 7) is 0. The lowest BCUT2D eigenvalue weighted by molar-refractivity contribution is 0.0696. The quantitative estimate of drug-likeness (QED) is 0.560.